The van der Waals surface area contributed by atoms with Crippen molar-refractivity contribution in [3.63, 3.8) is 0 Å². The van der Waals surface area contributed by atoms with Crippen LogP contribution in [0.3, 0.4) is 0 Å². The Morgan fingerprint density at radius 3 is 3.55 bits per heavy atom. The van der Waals surface area contributed by atoms with Crippen molar-refractivity contribution in [3.8, 4) is 5.88 Å². The SMILES string of the molecule is C[C@H]1CNc2cccnc2O1. The fourth-order valence-electron chi connectivity index (χ4n) is 1.11. The monoisotopic (exact) mass is 150 g/mol. The van der Waals surface area contributed by atoms with Crippen LogP contribution in [0, 0.1) is 0 Å². The van der Waals surface area contributed by atoms with Crippen LogP contribution in [0.15, 0.2) is 18.3 Å². The Bertz CT molecular complexity index is 262. The van der Waals surface area contributed by atoms with Gasteiger partial charge in [-0.15, -0.1) is 0 Å². The molecule has 0 spiro atoms. The molecule has 0 saturated heterocycles. The number of hydrogen-bond acceptors (Lipinski definition) is 3. The summed E-state index contributed by atoms with van der Waals surface area (Å²) in [6.45, 7) is 2.88. The average molecular weight is 150 g/mol. The number of rotatable bonds is 0. The summed E-state index contributed by atoms with van der Waals surface area (Å²) in [7, 11) is 0. The van der Waals surface area contributed by atoms with Crippen LogP contribution in [0.5, 0.6) is 5.88 Å². The minimum Gasteiger partial charge on any atom is -0.471 e. The van der Waals surface area contributed by atoms with Crippen LogP contribution in [0.2, 0.25) is 0 Å². The number of fused-ring (bicyclic) bond motifs is 1. The molecular formula is C8H10N2O. The third-order valence-corrected chi connectivity index (χ3v) is 1.66. The molecule has 58 valence electrons. The van der Waals surface area contributed by atoms with Crippen molar-refractivity contribution in [2.45, 2.75) is 13.0 Å². The summed E-state index contributed by atoms with van der Waals surface area (Å²) in [6.07, 6.45) is 1.95. The Morgan fingerprint density at radius 1 is 1.73 bits per heavy atom. The van der Waals surface area contributed by atoms with E-state index >= 15 is 0 Å². The van der Waals surface area contributed by atoms with Gasteiger partial charge in [0.15, 0.2) is 0 Å². The van der Waals surface area contributed by atoms with Crippen LogP contribution >= 0.6 is 0 Å². The van der Waals surface area contributed by atoms with Gasteiger partial charge in [-0.2, -0.15) is 0 Å². The van der Waals surface area contributed by atoms with E-state index in [1.807, 2.05) is 19.1 Å². The molecule has 0 bridgehead atoms. The van der Waals surface area contributed by atoms with Crippen molar-refractivity contribution in [1.29, 1.82) is 0 Å². The van der Waals surface area contributed by atoms with Gasteiger partial charge in [0, 0.05) is 6.20 Å². The van der Waals surface area contributed by atoms with Crippen LogP contribution in [0.1, 0.15) is 6.92 Å². The van der Waals surface area contributed by atoms with Crippen molar-refractivity contribution < 1.29 is 4.74 Å². The van der Waals surface area contributed by atoms with Crippen LogP contribution in [-0.2, 0) is 0 Å². The Balaban J connectivity index is 2.34. The summed E-state index contributed by atoms with van der Waals surface area (Å²) in [5.74, 6) is 0.714. The van der Waals surface area contributed by atoms with Crippen LogP contribution < -0.4 is 10.1 Å². The lowest BCUT2D eigenvalue weighted by atomic mass is 10.3. The molecule has 0 unspecified atom stereocenters. The largest absolute Gasteiger partial charge is 0.471 e. The van der Waals surface area contributed by atoms with Gasteiger partial charge in [-0.3, -0.25) is 0 Å². The standard InChI is InChI=1S/C8H10N2O/c1-6-5-10-7-3-2-4-9-8(7)11-6/h2-4,6,10H,5H2,1H3/t6-/m0/s1. The fourth-order valence-corrected chi connectivity index (χ4v) is 1.11. The number of hydrogen-bond donors (Lipinski definition) is 1. The number of nitrogens with zero attached hydrogens (tertiary/aromatic N) is 1. The van der Waals surface area contributed by atoms with Crippen molar-refractivity contribution in [2.75, 3.05) is 11.9 Å². The van der Waals surface area contributed by atoms with Gasteiger partial charge in [0.05, 0.1) is 12.2 Å². The van der Waals surface area contributed by atoms with E-state index < -0.39 is 0 Å². The Labute approximate surface area is 65.4 Å². The number of aromatic nitrogens is 1. The third-order valence-electron chi connectivity index (χ3n) is 1.66. The molecule has 1 aliphatic heterocycles. The van der Waals surface area contributed by atoms with E-state index in [0.717, 1.165) is 12.2 Å². The molecule has 0 amide bonds. The molecule has 0 saturated carbocycles. The number of ether oxygens (including phenoxy) is 1. The fraction of sp³-hybridized carbons (Fsp3) is 0.375. The molecule has 1 atom stereocenters. The molecule has 0 aromatic carbocycles. The quantitative estimate of drug-likeness (QED) is 0.604. The second kappa shape index (κ2) is 2.42. The van der Waals surface area contributed by atoms with Crippen molar-refractivity contribution in [1.82, 2.24) is 4.98 Å². The molecule has 0 radical (unpaired) electrons. The second-order valence-corrected chi connectivity index (χ2v) is 2.67. The molecule has 2 rings (SSSR count). The third kappa shape index (κ3) is 1.13. The van der Waals surface area contributed by atoms with Crippen LogP contribution in [0.4, 0.5) is 5.69 Å². The van der Waals surface area contributed by atoms with E-state index in [1.54, 1.807) is 6.20 Å². The molecule has 0 fully saturated rings. The van der Waals surface area contributed by atoms with E-state index in [4.69, 9.17) is 4.74 Å². The van der Waals surface area contributed by atoms with Crippen molar-refractivity contribution >= 4 is 5.69 Å². The van der Waals surface area contributed by atoms with E-state index in [-0.39, 0.29) is 6.10 Å². The Kier molecular flexibility index (Phi) is 1.42. The smallest absolute Gasteiger partial charge is 0.237 e. The van der Waals surface area contributed by atoms with Gasteiger partial charge in [0.2, 0.25) is 5.88 Å². The van der Waals surface area contributed by atoms with E-state index in [9.17, 15) is 0 Å². The normalized spacial score (nSPS) is 21.4. The summed E-state index contributed by atoms with van der Waals surface area (Å²) in [4.78, 5) is 4.08. The van der Waals surface area contributed by atoms with Crippen molar-refractivity contribution in [3.05, 3.63) is 18.3 Å². The highest BCUT2D eigenvalue weighted by atomic mass is 16.5. The zero-order valence-corrected chi connectivity index (χ0v) is 6.37. The summed E-state index contributed by atoms with van der Waals surface area (Å²) in [5.41, 5.74) is 0.991. The minimum absolute atomic E-state index is 0.220. The van der Waals surface area contributed by atoms with Gasteiger partial charge >= 0.3 is 0 Å². The zero-order valence-electron chi connectivity index (χ0n) is 6.37. The lowest BCUT2D eigenvalue weighted by molar-refractivity contribution is 0.216. The molecule has 0 aliphatic carbocycles. The first-order valence-electron chi connectivity index (χ1n) is 3.72. The molecule has 1 aliphatic rings. The summed E-state index contributed by atoms with van der Waals surface area (Å²) < 4.78 is 5.46. The van der Waals surface area contributed by atoms with Gasteiger partial charge in [-0.25, -0.2) is 4.98 Å². The second-order valence-electron chi connectivity index (χ2n) is 2.67. The van der Waals surface area contributed by atoms with Gasteiger partial charge in [-0.1, -0.05) is 0 Å². The van der Waals surface area contributed by atoms with Gasteiger partial charge < -0.3 is 10.1 Å². The molecule has 2 heterocycles. The maximum atomic E-state index is 5.46. The molecule has 1 aromatic heterocycles. The number of pyridine rings is 1. The maximum absolute atomic E-state index is 5.46. The lowest BCUT2D eigenvalue weighted by Crippen LogP contribution is -2.28. The Morgan fingerprint density at radius 2 is 2.64 bits per heavy atom. The summed E-state index contributed by atoms with van der Waals surface area (Å²) in [6, 6.07) is 3.86. The highest BCUT2D eigenvalue weighted by molar-refractivity contribution is 5.53. The average Bonchev–Trinajstić information content (AvgIpc) is 2.04. The van der Waals surface area contributed by atoms with E-state index in [0.29, 0.717) is 5.88 Å². The molecule has 1 N–H and O–H groups in total. The minimum atomic E-state index is 0.220. The summed E-state index contributed by atoms with van der Waals surface area (Å²) in [5, 5.41) is 3.22. The van der Waals surface area contributed by atoms with E-state index in [1.165, 1.54) is 0 Å². The maximum Gasteiger partial charge on any atom is 0.237 e. The molecule has 1 aromatic rings. The predicted molar refractivity (Wildman–Crippen MR) is 42.8 cm³/mol. The molecular weight excluding hydrogens is 140 g/mol. The topological polar surface area (TPSA) is 34.2 Å². The number of anilines is 1. The van der Waals surface area contributed by atoms with Gasteiger partial charge in [0.25, 0.3) is 0 Å². The molecule has 3 heteroatoms. The molecule has 11 heavy (non-hydrogen) atoms. The lowest BCUT2D eigenvalue weighted by Gasteiger charge is -2.22. The van der Waals surface area contributed by atoms with Crippen LogP contribution in [0.25, 0.3) is 0 Å². The first-order valence-corrected chi connectivity index (χ1v) is 3.72. The molecule has 3 nitrogen and oxygen atoms in total. The van der Waals surface area contributed by atoms with Gasteiger partial charge in [-0.05, 0) is 19.1 Å². The predicted octanol–water partition coefficient (Wildman–Crippen LogP) is 1.27. The van der Waals surface area contributed by atoms with Crippen molar-refractivity contribution in [2.24, 2.45) is 0 Å². The Hall–Kier alpha value is -1.25. The first kappa shape index (κ1) is 6.46. The zero-order chi connectivity index (χ0) is 7.68. The highest BCUT2D eigenvalue weighted by Crippen LogP contribution is 2.24. The number of nitrogens with one attached hydrogen (secondary N) is 1. The highest BCUT2D eigenvalue weighted by Gasteiger charge is 2.14. The van der Waals surface area contributed by atoms with Crippen LogP contribution in [-0.4, -0.2) is 17.6 Å². The van der Waals surface area contributed by atoms with E-state index in [2.05, 4.69) is 10.3 Å². The summed E-state index contributed by atoms with van der Waals surface area (Å²) >= 11 is 0. The first-order chi connectivity index (χ1) is 5.36. The van der Waals surface area contributed by atoms with Gasteiger partial charge in [0.1, 0.15) is 6.10 Å².